The fraction of sp³-hybridized carbons (Fsp3) is 0.333. The summed E-state index contributed by atoms with van der Waals surface area (Å²) in [5.74, 6) is 8.66. The lowest BCUT2D eigenvalue weighted by molar-refractivity contribution is -0.177. The monoisotopic (exact) mass is 189 g/mol. The fourth-order valence-corrected chi connectivity index (χ4v) is 0.368. The van der Waals surface area contributed by atoms with Crippen molar-refractivity contribution in [1.82, 2.24) is 5.17 Å². The van der Waals surface area contributed by atoms with Crippen molar-refractivity contribution in [2.45, 2.75) is 13.8 Å². The minimum Gasteiger partial charge on any atom is -0.353 e. The average Bonchev–Trinajstić information content (AvgIpc) is 2.14. The molecule has 0 spiro atoms. The Hall–Kier alpha value is -1.60. The molecule has 0 aliphatic carbocycles. The molecule has 0 radical (unpaired) electrons. The van der Waals surface area contributed by atoms with Gasteiger partial charge in [-0.05, 0) is 13.8 Å². The van der Waals surface area contributed by atoms with E-state index < -0.39 is 12.1 Å². The maximum Gasteiger partial charge on any atom is 0.477 e. The van der Waals surface area contributed by atoms with Gasteiger partial charge in [0.1, 0.15) is 0 Å². The van der Waals surface area contributed by atoms with Gasteiger partial charge >= 0.3 is 12.1 Å². The van der Waals surface area contributed by atoms with Crippen molar-refractivity contribution in [2.24, 2.45) is 11.7 Å². The summed E-state index contributed by atoms with van der Waals surface area (Å²) in [7, 11) is 0. The van der Waals surface area contributed by atoms with Gasteiger partial charge in [-0.25, -0.2) is 15.4 Å². The molecule has 1 amide bonds. The highest BCUT2D eigenvalue weighted by Gasteiger charge is 2.16. The van der Waals surface area contributed by atoms with Crippen molar-refractivity contribution in [2.75, 3.05) is 0 Å². The molecule has 4 N–H and O–H groups in total. The van der Waals surface area contributed by atoms with E-state index in [-0.39, 0.29) is 5.17 Å². The number of hydrazine groups is 1. The molecule has 0 aliphatic heterocycles. The van der Waals surface area contributed by atoms with Crippen LogP contribution in [0.3, 0.4) is 0 Å². The summed E-state index contributed by atoms with van der Waals surface area (Å²) in [5, 5.41) is 0.106. The molecule has 0 fully saturated rings. The van der Waals surface area contributed by atoms with Crippen molar-refractivity contribution in [3.8, 4) is 0 Å². The predicted octanol–water partition coefficient (Wildman–Crippen LogP) is -0.403. The van der Waals surface area contributed by atoms with E-state index in [1.165, 1.54) is 13.0 Å². The molecular formula is C6H11N3O4. The zero-order valence-electron chi connectivity index (χ0n) is 7.31. The third-order valence-corrected chi connectivity index (χ3v) is 1.22. The van der Waals surface area contributed by atoms with Gasteiger partial charge in [-0.1, -0.05) is 11.2 Å². The van der Waals surface area contributed by atoms with Crippen molar-refractivity contribution in [1.29, 1.82) is 0 Å². The summed E-state index contributed by atoms with van der Waals surface area (Å²) in [4.78, 5) is 29.5. The number of amides is 1. The minimum absolute atomic E-state index is 0.106. The van der Waals surface area contributed by atoms with Gasteiger partial charge in [0.15, 0.2) is 0 Å². The zero-order chi connectivity index (χ0) is 10.4. The van der Waals surface area contributed by atoms with E-state index in [0.29, 0.717) is 5.57 Å². The van der Waals surface area contributed by atoms with Crippen molar-refractivity contribution in [3.63, 3.8) is 0 Å². The first-order chi connectivity index (χ1) is 6.02. The van der Waals surface area contributed by atoms with Crippen LogP contribution in [0.25, 0.3) is 0 Å². The van der Waals surface area contributed by atoms with E-state index in [2.05, 4.69) is 15.6 Å². The fourth-order valence-electron chi connectivity index (χ4n) is 0.368. The summed E-state index contributed by atoms with van der Waals surface area (Å²) in [6.45, 7) is 3.14. The lowest BCUT2D eigenvalue weighted by Gasteiger charge is -2.12. The molecule has 0 atom stereocenters. The molecule has 7 heteroatoms. The van der Waals surface area contributed by atoms with Gasteiger partial charge in [0, 0.05) is 5.57 Å². The summed E-state index contributed by atoms with van der Waals surface area (Å²) in [6, 6.07) is 0. The number of nitrogens with two attached hydrogens (primary N) is 2. The van der Waals surface area contributed by atoms with Crippen LogP contribution in [0.1, 0.15) is 13.8 Å². The lowest BCUT2D eigenvalue weighted by Crippen LogP contribution is -2.40. The zero-order valence-corrected chi connectivity index (χ0v) is 7.31. The number of hydrogen-bond donors (Lipinski definition) is 2. The first kappa shape index (κ1) is 11.4. The number of hydrogen-bond acceptors (Lipinski definition) is 6. The second kappa shape index (κ2) is 5.12. The molecule has 0 aromatic rings. The maximum absolute atomic E-state index is 10.9. The van der Waals surface area contributed by atoms with Gasteiger partial charge in [0.2, 0.25) is 0 Å². The van der Waals surface area contributed by atoms with Crippen LogP contribution in [0.4, 0.5) is 4.79 Å². The van der Waals surface area contributed by atoms with Gasteiger partial charge in [0.25, 0.3) is 0 Å². The van der Waals surface area contributed by atoms with Crippen LogP contribution in [-0.2, 0) is 14.5 Å². The molecule has 0 rings (SSSR count). The van der Waals surface area contributed by atoms with Gasteiger partial charge in [-0.3, -0.25) is 0 Å². The SMILES string of the molecule is CC=C(C)C(=O)ON(N)C(=O)ON. The van der Waals surface area contributed by atoms with Crippen LogP contribution in [0, 0.1) is 0 Å². The Bertz CT molecular complexity index is 238. The molecule has 0 aromatic carbocycles. The molecule has 0 aromatic heterocycles. The van der Waals surface area contributed by atoms with Gasteiger partial charge < -0.3 is 9.68 Å². The molecule has 13 heavy (non-hydrogen) atoms. The lowest BCUT2D eigenvalue weighted by atomic mass is 10.3. The summed E-state index contributed by atoms with van der Waals surface area (Å²) in [6.07, 6.45) is 0.335. The molecule has 0 heterocycles. The van der Waals surface area contributed by atoms with Gasteiger partial charge in [-0.15, -0.1) is 0 Å². The van der Waals surface area contributed by atoms with E-state index in [4.69, 9.17) is 5.84 Å². The normalized spacial score (nSPS) is 10.6. The first-order valence-electron chi connectivity index (χ1n) is 3.33. The summed E-state index contributed by atoms with van der Waals surface area (Å²) >= 11 is 0. The quantitative estimate of drug-likeness (QED) is 0.251. The molecule has 0 unspecified atom stereocenters. The summed E-state index contributed by atoms with van der Waals surface area (Å²) in [5.41, 5.74) is 0.306. The molecule has 0 bridgehead atoms. The number of carbonyl (C=O) groups is 2. The Labute approximate surface area is 74.7 Å². The van der Waals surface area contributed by atoms with E-state index in [9.17, 15) is 9.59 Å². The number of carbonyl (C=O) groups excluding carboxylic acids is 2. The van der Waals surface area contributed by atoms with E-state index >= 15 is 0 Å². The van der Waals surface area contributed by atoms with Crippen LogP contribution in [0.5, 0.6) is 0 Å². The predicted molar refractivity (Wildman–Crippen MR) is 42.2 cm³/mol. The van der Waals surface area contributed by atoms with Gasteiger partial charge in [0.05, 0.1) is 0 Å². The molecular weight excluding hydrogens is 178 g/mol. The van der Waals surface area contributed by atoms with Crippen LogP contribution in [0.15, 0.2) is 11.6 Å². The Balaban J connectivity index is 4.14. The second-order valence-corrected chi connectivity index (χ2v) is 2.06. The standard InChI is InChI=1S/C6H11N3O4/c1-3-4(2)5(10)13-9(7)6(11)12-8/h3H,7-8H2,1-2H3. The topological polar surface area (TPSA) is 108 Å². The van der Waals surface area contributed by atoms with E-state index in [0.717, 1.165) is 0 Å². The minimum atomic E-state index is -1.17. The largest absolute Gasteiger partial charge is 0.477 e. The number of rotatable bonds is 1. The molecule has 0 saturated carbocycles. The van der Waals surface area contributed by atoms with Crippen LogP contribution in [-0.4, -0.2) is 17.2 Å². The molecule has 0 aliphatic rings. The average molecular weight is 189 g/mol. The van der Waals surface area contributed by atoms with Crippen LogP contribution >= 0.6 is 0 Å². The highest BCUT2D eigenvalue weighted by atomic mass is 16.8. The Morgan fingerprint density at radius 2 is 2.00 bits per heavy atom. The van der Waals surface area contributed by atoms with E-state index in [1.807, 2.05) is 0 Å². The second-order valence-electron chi connectivity index (χ2n) is 2.06. The summed E-state index contributed by atoms with van der Waals surface area (Å²) < 4.78 is 0. The third kappa shape index (κ3) is 3.54. The van der Waals surface area contributed by atoms with Crippen LogP contribution < -0.4 is 11.7 Å². The van der Waals surface area contributed by atoms with Crippen molar-refractivity contribution >= 4 is 12.1 Å². The number of hydroxylamine groups is 1. The highest BCUT2D eigenvalue weighted by Crippen LogP contribution is 1.97. The smallest absolute Gasteiger partial charge is 0.353 e. The number of allylic oxidation sites excluding steroid dienone is 1. The Morgan fingerprint density at radius 1 is 1.46 bits per heavy atom. The molecule has 74 valence electrons. The molecule has 7 nitrogen and oxygen atoms in total. The Morgan fingerprint density at radius 3 is 2.38 bits per heavy atom. The van der Waals surface area contributed by atoms with E-state index in [1.54, 1.807) is 6.92 Å². The Kier molecular flexibility index (Phi) is 4.49. The van der Waals surface area contributed by atoms with Crippen molar-refractivity contribution in [3.05, 3.63) is 11.6 Å². The molecule has 0 saturated heterocycles. The van der Waals surface area contributed by atoms with Gasteiger partial charge in [-0.2, -0.15) is 5.90 Å². The highest BCUT2D eigenvalue weighted by molar-refractivity contribution is 5.88. The maximum atomic E-state index is 10.9. The first-order valence-corrected chi connectivity index (χ1v) is 3.33. The van der Waals surface area contributed by atoms with Crippen LogP contribution in [0.2, 0.25) is 0 Å². The number of nitrogens with zero attached hydrogens (tertiary/aromatic N) is 1. The van der Waals surface area contributed by atoms with Crippen molar-refractivity contribution < 1.29 is 19.3 Å². The third-order valence-electron chi connectivity index (χ3n) is 1.22.